The number of hydrogen-bond donors (Lipinski definition) is 1. The molecule has 7 nitrogen and oxygen atoms in total. The zero-order valence-corrected chi connectivity index (χ0v) is 18.7. The van der Waals surface area contributed by atoms with E-state index in [-0.39, 0.29) is 0 Å². The number of piperidine rings is 1. The molecule has 0 amide bonds. The fraction of sp³-hybridized carbons (Fsp3) is 0.227. The zero-order chi connectivity index (χ0) is 21.4. The molecule has 2 aromatic heterocycles. The van der Waals surface area contributed by atoms with Crippen LogP contribution in [0.3, 0.4) is 0 Å². The largest absolute Gasteiger partial charge is 0.457 e. The smallest absolute Gasteiger partial charge is 0.164 e. The number of halogens is 2. The number of anilines is 1. The lowest BCUT2D eigenvalue weighted by Gasteiger charge is -2.31. The number of nitrogens with two attached hydrogens (primary N) is 1. The molecule has 158 valence electrons. The van der Waals surface area contributed by atoms with Gasteiger partial charge in [0.2, 0.25) is 0 Å². The number of nitrogen functional groups attached to an aromatic ring is 1. The van der Waals surface area contributed by atoms with Gasteiger partial charge in [-0.3, -0.25) is 0 Å². The summed E-state index contributed by atoms with van der Waals surface area (Å²) in [6.45, 7) is 1.14. The normalized spacial score (nSPS) is 19.5. The highest BCUT2D eigenvalue weighted by Crippen LogP contribution is 2.36. The maximum absolute atomic E-state index is 14.9. The molecule has 31 heavy (non-hydrogen) atoms. The molecule has 9 heteroatoms. The minimum atomic E-state index is -1.04. The van der Waals surface area contributed by atoms with E-state index in [2.05, 4.69) is 32.8 Å². The minimum Gasteiger partial charge on any atom is -0.457 e. The predicted molar refractivity (Wildman–Crippen MR) is 126 cm³/mol. The van der Waals surface area contributed by atoms with E-state index >= 15 is 0 Å². The number of rotatable bonds is 4. The van der Waals surface area contributed by atoms with Crippen LogP contribution in [0.1, 0.15) is 12.5 Å². The lowest BCUT2D eigenvalue weighted by atomic mass is 10.1. The SMILES string of the molecule is Nc1ncnc2c1c(-c1ccc(Oc3ccccc3)cc1)nn2[C@H]1CCN(I)C[C@@H]1F. The number of fused-ring (bicyclic) bond motifs is 1. The summed E-state index contributed by atoms with van der Waals surface area (Å²) < 4.78 is 24.4. The van der Waals surface area contributed by atoms with Crippen LogP contribution in [0.2, 0.25) is 0 Å². The number of ether oxygens (including phenoxy) is 1. The standard InChI is InChI=1S/C22H20FIN6O/c23-17-12-29(24)11-10-18(17)30-22-19(21(25)26-13-27-22)20(28-30)14-6-8-16(9-7-14)31-15-4-2-1-3-5-15/h1-9,13,17-18H,10-12H2,(H2,25,26,27)/t17-,18-/m0/s1. The number of para-hydroxylation sites is 1. The van der Waals surface area contributed by atoms with E-state index in [9.17, 15) is 4.39 Å². The van der Waals surface area contributed by atoms with E-state index in [1.165, 1.54) is 6.33 Å². The molecule has 0 bridgehead atoms. The highest BCUT2D eigenvalue weighted by atomic mass is 127. The summed E-state index contributed by atoms with van der Waals surface area (Å²) in [7, 11) is 0. The Bertz CT molecular complexity index is 1200. The molecule has 1 fully saturated rings. The number of hydrogen-bond acceptors (Lipinski definition) is 6. The molecule has 1 aliphatic heterocycles. The van der Waals surface area contributed by atoms with Crippen molar-refractivity contribution in [3.63, 3.8) is 0 Å². The number of benzene rings is 2. The number of alkyl halides is 1. The summed E-state index contributed by atoms with van der Waals surface area (Å²) in [6, 6.07) is 16.8. The average molecular weight is 530 g/mol. The molecule has 2 N–H and O–H groups in total. The fourth-order valence-electron chi connectivity index (χ4n) is 3.87. The second-order valence-corrected chi connectivity index (χ2v) is 8.80. The second-order valence-electron chi connectivity index (χ2n) is 7.43. The number of aromatic nitrogens is 4. The Balaban J connectivity index is 1.53. The van der Waals surface area contributed by atoms with Crippen molar-refractivity contribution in [1.29, 1.82) is 0 Å². The van der Waals surface area contributed by atoms with Crippen molar-refractivity contribution < 1.29 is 9.13 Å². The highest BCUT2D eigenvalue weighted by molar-refractivity contribution is 14.1. The van der Waals surface area contributed by atoms with Crippen LogP contribution in [-0.2, 0) is 0 Å². The summed E-state index contributed by atoms with van der Waals surface area (Å²) in [5.74, 6) is 1.80. The quantitative estimate of drug-likeness (QED) is 0.302. The maximum atomic E-state index is 14.9. The second kappa shape index (κ2) is 8.39. The van der Waals surface area contributed by atoms with Gasteiger partial charge >= 0.3 is 0 Å². The van der Waals surface area contributed by atoms with Crippen LogP contribution >= 0.6 is 22.9 Å². The first-order chi connectivity index (χ1) is 15.1. The lowest BCUT2D eigenvalue weighted by molar-refractivity contribution is 0.145. The van der Waals surface area contributed by atoms with Gasteiger partial charge in [0.1, 0.15) is 35.5 Å². The van der Waals surface area contributed by atoms with E-state index in [1.54, 1.807) is 4.68 Å². The van der Waals surface area contributed by atoms with Crippen molar-refractivity contribution in [3.05, 3.63) is 60.9 Å². The molecule has 1 aliphatic rings. The van der Waals surface area contributed by atoms with Gasteiger partial charge in [0.05, 0.1) is 11.4 Å². The summed E-state index contributed by atoms with van der Waals surface area (Å²) >= 11 is 2.16. The first-order valence-electron chi connectivity index (χ1n) is 9.97. The molecule has 1 saturated heterocycles. The minimum absolute atomic E-state index is 0.331. The van der Waals surface area contributed by atoms with Crippen molar-refractivity contribution in [3.8, 4) is 22.8 Å². The van der Waals surface area contributed by atoms with Crippen LogP contribution in [0.25, 0.3) is 22.3 Å². The molecule has 3 heterocycles. The Morgan fingerprint density at radius 1 is 1.03 bits per heavy atom. The van der Waals surface area contributed by atoms with Crippen LogP contribution in [0.4, 0.5) is 10.2 Å². The summed E-state index contributed by atoms with van der Waals surface area (Å²) in [5, 5.41) is 5.41. The molecule has 2 aromatic carbocycles. The van der Waals surface area contributed by atoms with Crippen LogP contribution in [0.5, 0.6) is 11.5 Å². The van der Waals surface area contributed by atoms with E-state index in [1.807, 2.05) is 57.7 Å². The molecule has 0 spiro atoms. The molecule has 2 atom stereocenters. The Morgan fingerprint density at radius 2 is 1.77 bits per heavy atom. The van der Waals surface area contributed by atoms with Crippen LogP contribution in [-0.4, -0.2) is 42.1 Å². The summed E-state index contributed by atoms with van der Waals surface area (Å²) in [5.41, 5.74) is 8.23. The fourth-order valence-corrected chi connectivity index (χ4v) is 4.52. The molecular weight excluding hydrogens is 510 g/mol. The van der Waals surface area contributed by atoms with Gasteiger partial charge in [0, 0.05) is 41.5 Å². The monoisotopic (exact) mass is 530 g/mol. The van der Waals surface area contributed by atoms with Gasteiger partial charge in [-0.25, -0.2) is 22.2 Å². The van der Waals surface area contributed by atoms with Crippen molar-refractivity contribution in [2.24, 2.45) is 0 Å². The molecule has 5 rings (SSSR count). The zero-order valence-electron chi connectivity index (χ0n) is 16.5. The van der Waals surface area contributed by atoms with Crippen molar-refractivity contribution in [2.75, 3.05) is 18.8 Å². The van der Waals surface area contributed by atoms with Crippen molar-refractivity contribution >= 4 is 39.7 Å². The maximum Gasteiger partial charge on any atom is 0.164 e. The molecular formula is C22H20FIN6O. The Labute approximate surface area is 192 Å². The Hall–Kier alpha value is -2.79. The van der Waals surface area contributed by atoms with Gasteiger partial charge in [-0.05, 0) is 42.8 Å². The first-order valence-corrected chi connectivity index (χ1v) is 10.9. The van der Waals surface area contributed by atoms with Crippen molar-refractivity contribution in [2.45, 2.75) is 18.6 Å². The lowest BCUT2D eigenvalue weighted by Crippen LogP contribution is -2.38. The van der Waals surface area contributed by atoms with E-state index in [0.717, 1.165) is 17.9 Å². The van der Waals surface area contributed by atoms with Crippen LogP contribution in [0, 0.1) is 0 Å². The topological polar surface area (TPSA) is 82.1 Å². The summed E-state index contributed by atoms with van der Waals surface area (Å²) in [4.78, 5) is 8.53. The molecule has 0 radical (unpaired) electrons. The number of nitrogens with zero attached hydrogens (tertiary/aromatic N) is 5. The molecule has 0 aliphatic carbocycles. The molecule has 4 aromatic rings. The van der Waals surface area contributed by atoms with E-state index < -0.39 is 12.2 Å². The Morgan fingerprint density at radius 3 is 2.52 bits per heavy atom. The third kappa shape index (κ3) is 3.94. The van der Waals surface area contributed by atoms with Gasteiger partial charge in [0.15, 0.2) is 5.65 Å². The Kier molecular flexibility index (Phi) is 5.45. The van der Waals surface area contributed by atoms with Gasteiger partial charge in [-0.2, -0.15) is 5.10 Å². The highest BCUT2D eigenvalue weighted by Gasteiger charge is 2.33. The van der Waals surface area contributed by atoms with Crippen LogP contribution in [0.15, 0.2) is 60.9 Å². The van der Waals surface area contributed by atoms with Crippen LogP contribution < -0.4 is 10.5 Å². The van der Waals surface area contributed by atoms with E-state index in [0.29, 0.717) is 41.3 Å². The third-order valence-corrected chi connectivity index (χ3v) is 6.27. The first kappa shape index (κ1) is 20.1. The van der Waals surface area contributed by atoms with Gasteiger partial charge in [-0.15, -0.1) is 0 Å². The third-order valence-electron chi connectivity index (χ3n) is 5.40. The predicted octanol–water partition coefficient (Wildman–Crippen LogP) is 4.80. The van der Waals surface area contributed by atoms with Gasteiger partial charge in [-0.1, -0.05) is 18.2 Å². The average Bonchev–Trinajstić information content (AvgIpc) is 3.16. The van der Waals surface area contributed by atoms with E-state index in [4.69, 9.17) is 15.6 Å². The van der Waals surface area contributed by atoms with Gasteiger partial charge in [0.25, 0.3) is 0 Å². The summed E-state index contributed by atoms with van der Waals surface area (Å²) in [6.07, 6.45) is 1.00. The molecule has 0 unspecified atom stereocenters. The van der Waals surface area contributed by atoms with Gasteiger partial charge < -0.3 is 10.5 Å². The van der Waals surface area contributed by atoms with Crippen molar-refractivity contribution in [1.82, 2.24) is 22.9 Å². The molecule has 0 saturated carbocycles.